The van der Waals surface area contributed by atoms with Gasteiger partial charge in [-0.25, -0.2) is 4.85 Å². The lowest BCUT2D eigenvalue weighted by atomic mass is 10.2. The second-order valence-electron chi connectivity index (χ2n) is 4.14. The van der Waals surface area contributed by atoms with Crippen molar-refractivity contribution in [3.8, 4) is 6.07 Å². The van der Waals surface area contributed by atoms with Crippen molar-refractivity contribution in [1.82, 2.24) is 0 Å². The quantitative estimate of drug-likeness (QED) is 0.463. The summed E-state index contributed by atoms with van der Waals surface area (Å²) in [4.78, 5) is 3.40. The summed E-state index contributed by atoms with van der Waals surface area (Å²) < 4.78 is 1.63. The number of halogens is 2. The van der Waals surface area contributed by atoms with Crippen molar-refractivity contribution < 1.29 is 0 Å². The monoisotopic (exact) mass is 402 g/mol. The fourth-order valence-electron chi connectivity index (χ4n) is 1.68. The lowest BCUT2D eigenvalue weighted by molar-refractivity contribution is 0.958. The van der Waals surface area contributed by atoms with Crippen LogP contribution in [0.25, 0.3) is 4.85 Å². The van der Waals surface area contributed by atoms with Crippen LogP contribution in [0.15, 0.2) is 55.6 Å². The van der Waals surface area contributed by atoms with E-state index in [1.165, 1.54) is 0 Å². The van der Waals surface area contributed by atoms with E-state index in [9.17, 15) is 0 Å². The Morgan fingerprint density at radius 3 is 2.57 bits per heavy atom. The molecule has 0 aliphatic heterocycles. The van der Waals surface area contributed by atoms with Gasteiger partial charge in [0.15, 0.2) is 5.69 Å². The van der Waals surface area contributed by atoms with Gasteiger partial charge in [-0.05, 0) is 35.9 Å². The van der Waals surface area contributed by atoms with Gasteiger partial charge in [-0.2, -0.15) is 15.5 Å². The third-order valence-corrected chi connectivity index (χ3v) is 3.44. The highest BCUT2D eigenvalue weighted by atomic mass is 79.9. The molecule has 2 aromatic rings. The fourth-order valence-corrected chi connectivity index (χ4v) is 2.69. The van der Waals surface area contributed by atoms with Crippen LogP contribution in [0, 0.1) is 17.9 Å². The van der Waals surface area contributed by atoms with Crippen molar-refractivity contribution >= 4 is 43.2 Å². The molecule has 0 heterocycles. The lowest BCUT2D eigenvalue weighted by Crippen LogP contribution is -1.80. The molecule has 0 amide bonds. The van der Waals surface area contributed by atoms with Crippen LogP contribution in [0.4, 0.5) is 11.4 Å². The zero-order valence-corrected chi connectivity index (χ0v) is 13.9. The van der Waals surface area contributed by atoms with Gasteiger partial charge in [0.05, 0.1) is 30.4 Å². The van der Waals surface area contributed by atoms with Crippen molar-refractivity contribution in [2.75, 3.05) is 0 Å². The fraction of sp³-hybridized carbons (Fsp3) is 0.0667. The van der Waals surface area contributed by atoms with Crippen LogP contribution >= 0.6 is 31.9 Å². The molecule has 0 saturated heterocycles. The molecular formula is C15H8Br2N4. The second kappa shape index (κ2) is 7.12. The number of nitrogens with zero attached hydrogens (tertiary/aromatic N) is 4. The van der Waals surface area contributed by atoms with Crippen molar-refractivity contribution in [3.05, 3.63) is 67.9 Å². The van der Waals surface area contributed by atoms with Gasteiger partial charge in [0, 0.05) is 8.95 Å². The van der Waals surface area contributed by atoms with Gasteiger partial charge in [0.2, 0.25) is 0 Å². The van der Waals surface area contributed by atoms with Crippen LogP contribution in [0.1, 0.15) is 11.1 Å². The predicted molar refractivity (Wildman–Crippen MR) is 87.5 cm³/mol. The van der Waals surface area contributed by atoms with E-state index >= 15 is 0 Å². The molecule has 0 saturated carbocycles. The van der Waals surface area contributed by atoms with Crippen LogP contribution in [-0.2, 0) is 6.54 Å². The normalized spacial score (nSPS) is 10.3. The molecule has 0 aliphatic carbocycles. The maximum Gasteiger partial charge on any atom is 0.188 e. The first-order chi connectivity index (χ1) is 10.1. The van der Waals surface area contributed by atoms with Crippen molar-refractivity contribution in [1.29, 1.82) is 5.26 Å². The van der Waals surface area contributed by atoms with Crippen LogP contribution in [0.5, 0.6) is 0 Å². The summed E-state index contributed by atoms with van der Waals surface area (Å²) in [7, 11) is 0. The highest BCUT2D eigenvalue weighted by Gasteiger charge is 2.00. The van der Waals surface area contributed by atoms with Crippen LogP contribution < -0.4 is 0 Å². The molecule has 0 fully saturated rings. The molecule has 4 nitrogen and oxygen atoms in total. The minimum absolute atomic E-state index is 0.371. The number of rotatable bonds is 3. The Hall–Kier alpha value is -2.02. The number of hydrogen-bond donors (Lipinski definition) is 0. The van der Waals surface area contributed by atoms with E-state index in [2.05, 4.69) is 53.0 Å². The summed E-state index contributed by atoms with van der Waals surface area (Å²) >= 11 is 6.69. The van der Waals surface area contributed by atoms with Crippen molar-refractivity contribution in [2.45, 2.75) is 6.54 Å². The Morgan fingerprint density at radius 1 is 1.10 bits per heavy atom. The molecule has 6 heteroatoms. The summed E-state index contributed by atoms with van der Waals surface area (Å²) in [6.45, 7) is 7.40. The van der Waals surface area contributed by atoms with Crippen molar-refractivity contribution in [2.24, 2.45) is 10.2 Å². The summed E-state index contributed by atoms with van der Waals surface area (Å²) in [5, 5.41) is 17.1. The number of hydrogen-bond acceptors (Lipinski definition) is 3. The minimum atomic E-state index is 0.371. The largest absolute Gasteiger partial charge is 0.238 e. The molecule has 0 aliphatic rings. The lowest BCUT2D eigenvalue weighted by Gasteiger charge is -2.00. The number of nitriles is 1. The van der Waals surface area contributed by atoms with Crippen LogP contribution in [0.3, 0.4) is 0 Å². The molecule has 0 unspecified atom stereocenters. The summed E-state index contributed by atoms with van der Waals surface area (Å²) in [6.07, 6.45) is 0. The standard InChI is InChI=1S/C15H8Br2N4/c1-19-14-5-11(3-13(17)6-14)9-20-21-15-4-10(8-18)2-12(16)7-15/h2-7H,9H2. The van der Waals surface area contributed by atoms with Crippen molar-refractivity contribution in [3.63, 3.8) is 0 Å². The highest BCUT2D eigenvalue weighted by molar-refractivity contribution is 9.10. The van der Waals surface area contributed by atoms with Gasteiger partial charge in [-0.15, -0.1) is 0 Å². The van der Waals surface area contributed by atoms with Gasteiger partial charge in [0.25, 0.3) is 0 Å². The van der Waals surface area contributed by atoms with Gasteiger partial charge >= 0.3 is 0 Å². The van der Waals surface area contributed by atoms with Crippen LogP contribution in [0.2, 0.25) is 0 Å². The smallest absolute Gasteiger partial charge is 0.188 e. The predicted octanol–water partition coefficient (Wildman–Crippen LogP) is 5.92. The van der Waals surface area contributed by atoms with E-state index in [1.54, 1.807) is 30.3 Å². The van der Waals surface area contributed by atoms with Gasteiger partial charge in [-0.1, -0.05) is 37.9 Å². The Morgan fingerprint density at radius 2 is 1.86 bits per heavy atom. The first kappa shape index (κ1) is 15.4. The molecule has 0 radical (unpaired) electrons. The zero-order valence-electron chi connectivity index (χ0n) is 10.7. The average molecular weight is 404 g/mol. The number of azo groups is 1. The number of benzene rings is 2. The molecule has 2 rings (SSSR count). The molecule has 0 N–H and O–H groups in total. The molecule has 0 spiro atoms. The van der Waals surface area contributed by atoms with E-state index in [1.807, 2.05) is 6.07 Å². The molecule has 0 aromatic heterocycles. The Bertz CT molecular complexity index is 785. The van der Waals surface area contributed by atoms with E-state index in [-0.39, 0.29) is 0 Å². The molecule has 0 bridgehead atoms. The molecular weight excluding hydrogens is 396 g/mol. The maximum absolute atomic E-state index is 8.90. The van der Waals surface area contributed by atoms with E-state index in [0.29, 0.717) is 23.5 Å². The van der Waals surface area contributed by atoms with Gasteiger partial charge < -0.3 is 0 Å². The first-order valence-electron chi connectivity index (χ1n) is 5.86. The molecule has 102 valence electrons. The zero-order chi connectivity index (χ0) is 15.2. The average Bonchev–Trinajstić information content (AvgIpc) is 2.46. The summed E-state index contributed by atoms with van der Waals surface area (Å²) in [5.74, 6) is 0. The third kappa shape index (κ3) is 4.49. The summed E-state index contributed by atoms with van der Waals surface area (Å²) in [5.41, 5.74) is 2.59. The van der Waals surface area contributed by atoms with E-state index in [0.717, 1.165) is 14.5 Å². The SMILES string of the molecule is [C-]#[N+]c1cc(Br)cc(CN=Nc2cc(Br)cc(C#N)c2)c1. The topological polar surface area (TPSA) is 52.9 Å². The first-order valence-corrected chi connectivity index (χ1v) is 7.44. The minimum Gasteiger partial charge on any atom is -0.238 e. The Balaban J connectivity index is 2.17. The Labute approximate surface area is 139 Å². The van der Waals surface area contributed by atoms with E-state index in [4.69, 9.17) is 11.8 Å². The van der Waals surface area contributed by atoms with Gasteiger partial charge in [0.1, 0.15) is 0 Å². The second-order valence-corrected chi connectivity index (χ2v) is 5.97. The summed E-state index contributed by atoms with van der Waals surface area (Å²) in [6, 6.07) is 12.7. The molecule has 21 heavy (non-hydrogen) atoms. The Kier molecular flexibility index (Phi) is 5.21. The molecule has 0 atom stereocenters. The van der Waals surface area contributed by atoms with Gasteiger partial charge in [-0.3, -0.25) is 0 Å². The highest BCUT2D eigenvalue weighted by Crippen LogP contribution is 2.24. The van der Waals surface area contributed by atoms with Crippen LogP contribution in [-0.4, -0.2) is 0 Å². The molecule has 2 aromatic carbocycles. The van der Waals surface area contributed by atoms with E-state index < -0.39 is 0 Å². The third-order valence-electron chi connectivity index (χ3n) is 2.52. The maximum atomic E-state index is 8.90.